The van der Waals surface area contributed by atoms with Gasteiger partial charge in [0.25, 0.3) is 0 Å². The Balaban J connectivity index is 3.16. The van der Waals surface area contributed by atoms with Gasteiger partial charge in [0.05, 0.1) is 13.7 Å². The van der Waals surface area contributed by atoms with Crippen molar-refractivity contribution in [2.24, 2.45) is 0 Å². The van der Waals surface area contributed by atoms with Crippen LogP contribution in [0.5, 0.6) is 11.5 Å². The molecule has 86 valence electrons. The first-order valence-electron chi connectivity index (χ1n) is 4.50. The molecule has 0 aliphatic rings. The highest BCUT2D eigenvalue weighted by Gasteiger charge is 2.08. The van der Waals surface area contributed by atoms with E-state index < -0.39 is 5.97 Å². The molecule has 3 N–H and O–H groups in total. The molecular weight excluding hydrogens is 212 g/mol. The quantitative estimate of drug-likeness (QED) is 0.664. The molecule has 0 radical (unpaired) electrons. The highest BCUT2D eigenvalue weighted by Crippen LogP contribution is 2.31. The van der Waals surface area contributed by atoms with Gasteiger partial charge in [0.15, 0.2) is 11.5 Å². The third-order valence-corrected chi connectivity index (χ3v) is 1.98. The standard InChI is InChI=1S/C11H12O5/c1-16-9-5-7(2-3-10(13)14)4-8(6-12)11(9)15/h2-5,12,15H,6H2,1H3,(H,13,14). The van der Waals surface area contributed by atoms with Crippen molar-refractivity contribution in [3.05, 3.63) is 29.3 Å². The van der Waals surface area contributed by atoms with Gasteiger partial charge < -0.3 is 20.1 Å². The van der Waals surface area contributed by atoms with Crippen LogP contribution >= 0.6 is 0 Å². The monoisotopic (exact) mass is 224 g/mol. The molecule has 1 rings (SSSR count). The van der Waals surface area contributed by atoms with E-state index >= 15 is 0 Å². The molecule has 0 atom stereocenters. The summed E-state index contributed by atoms with van der Waals surface area (Å²) in [5.74, 6) is -1.02. The topological polar surface area (TPSA) is 87.0 Å². The van der Waals surface area contributed by atoms with Crippen LogP contribution in [-0.4, -0.2) is 28.4 Å². The Labute approximate surface area is 92.2 Å². The molecule has 0 amide bonds. The Hall–Kier alpha value is -2.01. The lowest BCUT2D eigenvalue weighted by atomic mass is 10.1. The Kier molecular flexibility index (Phi) is 3.90. The number of aliphatic hydroxyl groups is 1. The highest BCUT2D eigenvalue weighted by molar-refractivity contribution is 5.85. The summed E-state index contributed by atoms with van der Waals surface area (Å²) in [6, 6.07) is 2.96. The minimum atomic E-state index is -1.07. The van der Waals surface area contributed by atoms with Crippen LogP contribution in [0.3, 0.4) is 0 Å². The van der Waals surface area contributed by atoms with E-state index in [0.29, 0.717) is 5.56 Å². The van der Waals surface area contributed by atoms with Gasteiger partial charge in [0, 0.05) is 11.6 Å². The van der Waals surface area contributed by atoms with Crippen LogP contribution in [0.15, 0.2) is 18.2 Å². The van der Waals surface area contributed by atoms with Gasteiger partial charge >= 0.3 is 5.97 Å². The number of aliphatic carboxylic acids is 1. The van der Waals surface area contributed by atoms with Crippen molar-refractivity contribution < 1.29 is 24.9 Å². The summed E-state index contributed by atoms with van der Waals surface area (Å²) in [4.78, 5) is 10.3. The SMILES string of the molecule is COc1cc(C=CC(=O)O)cc(CO)c1O. The lowest BCUT2D eigenvalue weighted by molar-refractivity contribution is -0.131. The maximum Gasteiger partial charge on any atom is 0.328 e. The molecular formula is C11H12O5. The van der Waals surface area contributed by atoms with Crippen LogP contribution in [0.1, 0.15) is 11.1 Å². The highest BCUT2D eigenvalue weighted by atomic mass is 16.5. The van der Waals surface area contributed by atoms with Crippen molar-refractivity contribution in [1.29, 1.82) is 0 Å². The average Bonchev–Trinajstić information content (AvgIpc) is 2.27. The van der Waals surface area contributed by atoms with E-state index in [1.807, 2.05) is 0 Å². The predicted molar refractivity (Wildman–Crippen MR) is 57.3 cm³/mol. The van der Waals surface area contributed by atoms with Gasteiger partial charge in [-0.05, 0) is 23.8 Å². The van der Waals surface area contributed by atoms with Crippen LogP contribution in [0, 0.1) is 0 Å². The second-order valence-corrected chi connectivity index (χ2v) is 3.06. The van der Waals surface area contributed by atoms with Gasteiger partial charge in [-0.2, -0.15) is 0 Å². The molecule has 0 aromatic heterocycles. The molecule has 0 unspecified atom stereocenters. The maximum absolute atomic E-state index is 10.3. The van der Waals surface area contributed by atoms with Crippen molar-refractivity contribution in [1.82, 2.24) is 0 Å². The number of carboxylic acid groups (broad SMARTS) is 1. The van der Waals surface area contributed by atoms with Crippen LogP contribution in [-0.2, 0) is 11.4 Å². The largest absolute Gasteiger partial charge is 0.504 e. The van der Waals surface area contributed by atoms with E-state index in [1.54, 1.807) is 0 Å². The number of aromatic hydroxyl groups is 1. The summed E-state index contributed by atoms with van der Waals surface area (Å²) >= 11 is 0. The molecule has 1 aromatic rings. The maximum atomic E-state index is 10.3. The van der Waals surface area contributed by atoms with Gasteiger partial charge in [0.2, 0.25) is 0 Å². The van der Waals surface area contributed by atoms with Gasteiger partial charge in [-0.15, -0.1) is 0 Å². The molecule has 0 bridgehead atoms. The molecule has 0 saturated carbocycles. The average molecular weight is 224 g/mol. The van der Waals surface area contributed by atoms with E-state index in [1.165, 1.54) is 25.3 Å². The second kappa shape index (κ2) is 5.18. The van der Waals surface area contributed by atoms with Crippen LogP contribution in [0.25, 0.3) is 6.08 Å². The van der Waals surface area contributed by atoms with Crippen molar-refractivity contribution in [2.75, 3.05) is 7.11 Å². The Bertz CT molecular complexity index is 397. The molecule has 1 aromatic carbocycles. The van der Waals surface area contributed by atoms with Crippen molar-refractivity contribution in [2.45, 2.75) is 6.61 Å². The number of benzene rings is 1. The summed E-state index contributed by atoms with van der Waals surface area (Å²) in [5, 5.41) is 27.0. The van der Waals surface area contributed by atoms with Gasteiger partial charge in [-0.3, -0.25) is 0 Å². The zero-order chi connectivity index (χ0) is 12.1. The Morgan fingerprint density at radius 2 is 2.19 bits per heavy atom. The number of ether oxygens (including phenoxy) is 1. The zero-order valence-corrected chi connectivity index (χ0v) is 8.67. The Morgan fingerprint density at radius 3 is 2.69 bits per heavy atom. The minimum absolute atomic E-state index is 0.141. The number of methoxy groups -OCH3 is 1. The molecule has 0 fully saturated rings. The summed E-state index contributed by atoms with van der Waals surface area (Å²) in [6.45, 7) is -0.350. The number of carboxylic acids is 1. The van der Waals surface area contributed by atoms with Crippen molar-refractivity contribution in [3.8, 4) is 11.5 Å². The van der Waals surface area contributed by atoms with E-state index in [9.17, 15) is 9.90 Å². The number of carbonyl (C=O) groups is 1. The lowest BCUT2D eigenvalue weighted by Crippen LogP contribution is -1.92. The van der Waals surface area contributed by atoms with Gasteiger partial charge in [-0.25, -0.2) is 4.79 Å². The normalized spacial score (nSPS) is 10.6. The molecule has 0 aliphatic heterocycles. The molecule has 16 heavy (non-hydrogen) atoms. The Morgan fingerprint density at radius 1 is 1.50 bits per heavy atom. The molecule has 5 heteroatoms. The van der Waals surface area contributed by atoms with Gasteiger partial charge in [0.1, 0.15) is 0 Å². The van der Waals surface area contributed by atoms with Crippen LogP contribution in [0.2, 0.25) is 0 Å². The van der Waals surface area contributed by atoms with E-state index in [2.05, 4.69) is 0 Å². The summed E-state index contributed by atoms with van der Waals surface area (Å²) < 4.78 is 4.89. The van der Waals surface area contributed by atoms with E-state index in [0.717, 1.165) is 6.08 Å². The second-order valence-electron chi connectivity index (χ2n) is 3.06. The third kappa shape index (κ3) is 2.74. The molecule has 5 nitrogen and oxygen atoms in total. The first-order chi connectivity index (χ1) is 7.58. The minimum Gasteiger partial charge on any atom is -0.504 e. The first kappa shape index (κ1) is 12.1. The number of hydrogen-bond donors (Lipinski definition) is 3. The van der Waals surface area contributed by atoms with Crippen LogP contribution in [0.4, 0.5) is 0 Å². The molecule has 0 heterocycles. The van der Waals surface area contributed by atoms with Crippen molar-refractivity contribution >= 4 is 12.0 Å². The van der Waals surface area contributed by atoms with Gasteiger partial charge in [-0.1, -0.05) is 0 Å². The third-order valence-electron chi connectivity index (χ3n) is 1.98. The summed E-state index contributed by atoms with van der Waals surface area (Å²) in [7, 11) is 1.38. The number of phenols is 1. The molecule has 0 aliphatic carbocycles. The number of hydrogen-bond acceptors (Lipinski definition) is 4. The fraction of sp³-hybridized carbons (Fsp3) is 0.182. The summed E-state index contributed by atoms with van der Waals surface area (Å²) in [6.07, 6.45) is 2.32. The number of aliphatic hydroxyl groups excluding tert-OH is 1. The predicted octanol–water partition coefficient (Wildman–Crippen LogP) is 0.991. The number of rotatable bonds is 4. The smallest absolute Gasteiger partial charge is 0.328 e. The fourth-order valence-electron chi connectivity index (χ4n) is 1.23. The fourth-order valence-corrected chi connectivity index (χ4v) is 1.23. The first-order valence-corrected chi connectivity index (χ1v) is 4.50. The van der Waals surface area contributed by atoms with Crippen LogP contribution < -0.4 is 4.74 Å². The van der Waals surface area contributed by atoms with E-state index in [-0.39, 0.29) is 23.7 Å². The summed E-state index contributed by atoms with van der Waals surface area (Å²) in [5.41, 5.74) is 0.811. The zero-order valence-electron chi connectivity index (χ0n) is 8.67. The lowest BCUT2D eigenvalue weighted by Gasteiger charge is -2.08. The molecule has 0 spiro atoms. The van der Waals surface area contributed by atoms with Crippen molar-refractivity contribution in [3.63, 3.8) is 0 Å². The molecule has 0 saturated heterocycles. The van der Waals surface area contributed by atoms with E-state index in [4.69, 9.17) is 14.9 Å².